The van der Waals surface area contributed by atoms with Gasteiger partial charge in [-0.2, -0.15) is 0 Å². The Kier molecular flexibility index (Phi) is 4.78. The monoisotopic (exact) mass is 256 g/mol. The van der Waals surface area contributed by atoms with Gasteiger partial charge in [-0.1, -0.05) is 31.2 Å². The van der Waals surface area contributed by atoms with Crippen molar-refractivity contribution in [2.75, 3.05) is 11.9 Å². The quantitative estimate of drug-likeness (QED) is 0.856. The van der Waals surface area contributed by atoms with Crippen molar-refractivity contribution in [3.63, 3.8) is 0 Å². The van der Waals surface area contributed by atoms with Crippen LogP contribution >= 0.6 is 0 Å². The first-order chi connectivity index (χ1) is 9.33. The molecule has 1 aromatic heterocycles. The van der Waals surface area contributed by atoms with E-state index in [1.165, 1.54) is 11.1 Å². The topological polar surface area (TPSA) is 34.1 Å². The number of ether oxygens (including phenoxy) is 1. The van der Waals surface area contributed by atoms with Gasteiger partial charge in [0.15, 0.2) is 11.6 Å². The van der Waals surface area contributed by atoms with Gasteiger partial charge in [-0.25, -0.2) is 4.98 Å². The zero-order valence-electron chi connectivity index (χ0n) is 11.5. The Morgan fingerprint density at radius 1 is 1.05 bits per heavy atom. The fraction of sp³-hybridized carbons (Fsp3) is 0.312. The van der Waals surface area contributed by atoms with Gasteiger partial charge in [0, 0.05) is 12.7 Å². The zero-order chi connectivity index (χ0) is 13.5. The van der Waals surface area contributed by atoms with Crippen LogP contribution in [0.1, 0.15) is 25.0 Å². The van der Waals surface area contributed by atoms with Gasteiger partial charge in [-0.3, -0.25) is 0 Å². The Hall–Kier alpha value is -2.03. The molecule has 1 N–H and O–H groups in total. The van der Waals surface area contributed by atoms with Crippen molar-refractivity contribution in [1.82, 2.24) is 4.98 Å². The molecule has 1 aromatic carbocycles. The molecule has 0 aliphatic rings. The fourth-order valence-electron chi connectivity index (χ4n) is 1.87. The van der Waals surface area contributed by atoms with E-state index < -0.39 is 0 Å². The summed E-state index contributed by atoms with van der Waals surface area (Å²) in [6.07, 6.45) is 2.84. The van der Waals surface area contributed by atoms with Crippen molar-refractivity contribution in [3.05, 3.63) is 53.7 Å². The number of hydrogen-bond acceptors (Lipinski definition) is 3. The summed E-state index contributed by atoms with van der Waals surface area (Å²) in [5.74, 6) is 1.60. The van der Waals surface area contributed by atoms with Gasteiger partial charge < -0.3 is 10.1 Å². The van der Waals surface area contributed by atoms with E-state index in [1.54, 1.807) is 6.20 Å². The average molecular weight is 256 g/mol. The molecule has 3 heteroatoms. The summed E-state index contributed by atoms with van der Waals surface area (Å²) >= 11 is 0. The number of hydrogen-bond donors (Lipinski definition) is 1. The van der Waals surface area contributed by atoms with E-state index in [-0.39, 0.29) is 0 Å². The Morgan fingerprint density at radius 2 is 1.79 bits per heavy atom. The lowest BCUT2D eigenvalue weighted by atomic mass is 10.1. The zero-order valence-corrected chi connectivity index (χ0v) is 11.5. The molecule has 0 saturated heterocycles. The molecule has 100 valence electrons. The molecule has 0 bridgehead atoms. The van der Waals surface area contributed by atoms with Crippen molar-refractivity contribution in [2.24, 2.45) is 0 Å². The van der Waals surface area contributed by atoms with E-state index in [1.807, 2.05) is 19.1 Å². The summed E-state index contributed by atoms with van der Waals surface area (Å²) in [7, 11) is 0. The van der Waals surface area contributed by atoms with Crippen LogP contribution in [0.25, 0.3) is 0 Å². The number of pyridine rings is 1. The average Bonchev–Trinajstić information content (AvgIpc) is 2.47. The molecule has 0 fully saturated rings. The summed E-state index contributed by atoms with van der Waals surface area (Å²) in [6.45, 7) is 5.53. The molecule has 0 radical (unpaired) electrons. The Bertz CT molecular complexity index is 508. The lowest BCUT2D eigenvalue weighted by Crippen LogP contribution is -2.04. The molecule has 2 rings (SSSR count). The number of benzene rings is 1. The second-order valence-corrected chi connectivity index (χ2v) is 4.31. The van der Waals surface area contributed by atoms with Gasteiger partial charge in [0.1, 0.15) is 0 Å². The van der Waals surface area contributed by atoms with Crippen LogP contribution in [-0.4, -0.2) is 11.6 Å². The lowest BCUT2D eigenvalue weighted by Gasteiger charge is -2.11. The van der Waals surface area contributed by atoms with Crippen LogP contribution in [-0.2, 0) is 13.0 Å². The predicted octanol–water partition coefficient (Wildman–Crippen LogP) is 3.65. The maximum atomic E-state index is 5.54. The van der Waals surface area contributed by atoms with Crippen molar-refractivity contribution in [1.29, 1.82) is 0 Å². The summed E-state index contributed by atoms with van der Waals surface area (Å²) in [5, 5.41) is 3.32. The molecule has 0 amide bonds. The maximum absolute atomic E-state index is 5.54. The second kappa shape index (κ2) is 6.78. The van der Waals surface area contributed by atoms with E-state index >= 15 is 0 Å². The van der Waals surface area contributed by atoms with Crippen molar-refractivity contribution in [3.8, 4) is 5.75 Å². The van der Waals surface area contributed by atoms with E-state index in [0.717, 1.165) is 24.5 Å². The molecular formula is C16H20N2O. The number of nitrogens with zero attached hydrogens (tertiary/aromatic N) is 1. The minimum atomic E-state index is 0.644. The first kappa shape index (κ1) is 13.4. The van der Waals surface area contributed by atoms with E-state index in [0.29, 0.717) is 6.61 Å². The number of anilines is 1. The second-order valence-electron chi connectivity index (χ2n) is 4.31. The van der Waals surface area contributed by atoms with Crippen LogP contribution < -0.4 is 10.1 Å². The Labute approximate surface area is 114 Å². The molecule has 3 nitrogen and oxygen atoms in total. The SMILES string of the molecule is CCOc1cccnc1NCc1ccc(CC)cc1. The van der Waals surface area contributed by atoms with Gasteiger partial charge in [0.05, 0.1) is 6.61 Å². The van der Waals surface area contributed by atoms with Crippen molar-refractivity contribution in [2.45, 2.75) is 26.8 Å². The molecule has 1 heterocycles. The molecule has 0 spiro atoms. The van der Waals surface area contributed by atoms with E-state index in [2.05, 4.69) is 41.5 Å². The highest BCUT2D eigenvalue weighted by Crippen LogP contribution is 2.21. The largest absolute Gasteiger partial charge is 0.490 e. The third kappa shape index (κ3) is 3.71. The summed E-state index contributed by atoms with van der Waals surface area (Å²) < 4.78 is 5.54. The highest BCUT2D eigenvalue weighted by molar-refractivity contribution is 5.49. The molecule has 0 aliphatic carbocycles. The maximum Gasteiger partial charge on any atom is 0.169 e. The van der Waals surface area contributed by atoms with Crippen molar-refractivity contribution >= 4 is 5.82 Å². The number of aromatic nitrogens is 1. The number of rotatable bonds is 6. The third-order valence-electron chi connectivity index (χ3n) is 2.96. The smallest absolute Gasteiger partial charge is 0.169 e. The molecule has 2 aromatic rings. The molecule has 0 aliphatic heterocycles. The van der Waals surface area contributed by atoms with Gasteiger partial charge in [0.25, 0.3) is 0 Å². The van der Waals surface area contributed by atoms with E-state index in [4.69, 9.17) is 4.74 Å². The molecule has 0 atom stereocenters. The van der Waals surface area contributed by atoms with Gasteiger partial charge in [0.2, 0.25) is 0 Å². The fourth-order valence-corrected chi connectivity index (χ4v) is 1.87. The van der Waals surface area contributed by atoms with Crippen LogP contribution in [0.2, 0.25) is 0 Å². The summed E-state index contributed by atoms with van der Waals surface area (Å²) in [4.78, 5) is 4.31. The van der Waals surface area contributed by atoms with Crippen LogP contribution in [0, 0.1) is 0 Å². The van der Waals surface area contributed by atoms with Gasteiger partial charge in [-0.15, -0.1) is 0 Å². The minimum Gasteiger partial charge on any atom is -0.490 e. The lowest BCUT2D eigenvalue weighted by molar-refractivity contribution is 0.340. The first-order valence-electron chi connectivity index (χ1n) is 6.73. The third-order valence-corrected chi connectivity index (χ3v) is 2.96. The number of nitrogens with one attached hydrogen (secondary N) is 1. The van der Waals surface area contributed by atoms with E-state index in [9.17, 15) is 0 Å². The first-order valence-corrected chi connectivity index (χ1v) is 6.73. The minimum absolute atomic E-state index is 0.644. The standard InChI is InChI=1S/C16H20N2O/c1-3-13-7-9-14(10-8-13)12-18-16-15(19-4-2)6-5-11-17-16/h5-11H,3-4,12H2,1-2H3,(H,17,18). The van der Waals surface area contributed by atoms with Crippen LogP contribution in [0.5, 0.6) is 5.75 Å². The van der Waals surface area contributed by atoms with Crippen molar-refractivity contribution < 1.29 is 4.74 Å². The van der Waals surface area contributed by atoms with Crippen LogP contribution in [0.4, 0.5) is 5.82 Å². The molecule has 0 unspecified atom stereocenters. The summed E-state index contributed by atoms with van der Waals surface area (Å²) in [6, 6.07) is 12.4. The van der Waals surface area contributed by atoms with Crippen LogP contribution in [0.3, 0.4) is 0 Å². The molecule has 0 saturated carbocycles. The number of aryl methyl sites for hydroxylation is 1. The Morgan fingerprint density at radius 3 is 2.47 bits per heavy atom. The predicted molar refractivity (Wildman–Crippen MR) is 78.6 cm³/mol. The van der Waals surface area contributed by atoms with Gasteiger partial charge >= 0.3 is 0 Å². The van der Waals surface area contributed by atoms with Gasteiger partial charge in [-0.05, 0) is 36.6 Å². The van der Waals surface area contributed by atoms with Crippen LogP contribution in [0.15, 0.2) is 42.6 Å². The highest BCUT2D eigenvalue weighted by atomic mass is 16.5. The summed E-state index contributed by atoms with van der Waals surface area (Å²) in [5.41, 5.74) is 2.60. The highest BCUT2D eigenvalue weighted by Gasteiger charge is 2.03. The normalized spacial score (nSPS) is 10.2. The molecule has 19 heavy (non-hydrogen) atoms. The molecular weight excluding hydrogens is 236 g/mol. The Balaban J connectivity index is 2.01.